The summed E-state index contributed by atoms with van der Waals surface area (Å²) in [6.45, 7) is 0.793. The van der Waals surface area contributed by atoms with E-state index in [0.717, 1.165) is 33.4 Å². The Morgan fingerprint density at radius 3 is 2.17 bits per heavy atom. The van der Waals surface area contributed by atoms with Crippen molar-refractivity contribution in [2.45, 2.75) is 31.0 Å². The van der Waals surface area contributed by atoms with E-state index >= 15 is 0 Å². The molecule has 0 aliphatic carbocycles. The van der Waals surface area contributed by atoms with E-state index in [1.54, 1.807) is 0 Å². The van der Waals surface area contributed by atoms with Gasteiger partial charge in [0.2, 0.25) is 5.90 Å². The van der Waals surface area contributed by atoms with Crippen LogP contribution in [0.25, 0.3) is 17.2 Å². The minimum Gasteiger partial charge on any atom is -0.494 e. The minimum absolute atomic E-state index is 0.0668. The van der Waals surface area contributed by atoms with Crippen LogP contribution >= 0.6 is 11.6 Å². The zero-order chi connectivity index (χ0) is 33.2. The Balaban J connectivity index is 1.38. The maximum atomic E-state index is 14.5. The van der Waals surface area contributed by atoms with Crippen LogP contribution in [0.5, 0.6) is 5.75 Å². The van der Waals surface area contributed by atoms with Crippen LogP contribution in [0.2, 0.25) is 5.02 Å². The largest absolute Gasteiger partial charge is 0.494 e. The molecule has 5 aromatic rings. The Labute approximate surface area is 286 Å². The van der Waals surface area contributed by atoms with Gasteiger partial charge >= 0.3 is 0 Å². The lowest BCUT2D eigenvalue weighted by atomic mass is 9.83. The molecule has 0 saturated carbocycles. The number of benzene rings is 5. The molecule has 1 amide bonds. The van der Waals surface area contributed by atoms with Crippen molar-refractivity contribution in [3.8, 4) is 16.9 Å². The standard InChI is InChI=1S/C41H37ClN2O4/c42-36-22-14-31(15-23-36)29-43-40(46)41(26-7-11-30-9-3-1-4-10-30)38(34-18-16-33(17-19-34)32-12-5-2-6-13-32)48-39(44-41)35-20-24-37(25-21-35)47-28-8-27-45/h1-7,9-25,38,45H,8,26-29H2,(H,43,46)/b11-7+/t38-,41-/m1/s1. The molecule has 0 bridgehead atoms. The monoisotopic (exact) mass is 656 g/mol. The number of halogens is 1. The van der Waals surface area contributed by atoms with Gasteiger partial charge in [-0.25, -0.2) is 4.99 Å². The lowest BCUT2D eigenvalue weighted by Gasteiger charge is -2.30. The van der Waals surface area contributed by atoms with E-state index in [4.69, 9.17) is 31.2 Å². The molecule has 0 saturated heterocycles. The minimum atomic E-state index is -1.31. The molecule has 2 N–H and O–H groups in total. The number of carbonyl (C=O) groups excluding carboxylic acids is 1. The molecule has 5 aromatic carbocycles. The van der Waals surface area contributed by atoms with Crippen LogP contribution in [-0.4, -0.2) is 35.7 Å². The van der Waals surface area contributed by atoms with Crippen molar-refractivity contribution in [3.63, 3.8) is 0 Å². The highest BCUT2D eigenvalue weighted by molar-refractivity contribution is 6.30. The lowest BCUT2D eigenvalue weighted by Crippen LogP contribution is -2.47. The highest BCUT2D eigenvalue weighted by Gasteiger charge is 2.52. The molecule has 6 nitrogen and oxygen atoms in total. The fourth-order valence-corrected chi connectivity index (χ4v) is 5.80. The number of nitrogens with one attached hydrogen (secondary N) is 1. The number of ether oxygens (including phenoxy) is 2. The van der Waals surface area contributed by atoms with Crippen molar-refractivity contribution >= 4 is 29.5 Å². The molecule has 0 spiro atoms. The zero-order valence-electron chi connectivity index (χ0n) is 26.5. The number of carbonyl (C=O) groups is 1. The van der Waals surface area contributed by atoms with E-state index in [-0.39, 0.29) is 12.5 Å². The average Bonchev–Trinajstić information content (AvgIpc) is 3.53. The van der Waals surface area contributed by atoms with Crippen molar-refractivity contribution in [2.24, 2.45) is 4.99 Å². The molecule has 0 aromatic heterocycles. The molecule has 1 heterocycles. The van der Waals surface area contributed by atoms with Gasteiger partial charge in [0.25, 0.3) is 5.91 Å². The van der Waals surface area contributed by atoms with Crippen LogP contribution in [0.4, 0.5) is 0 Å². The van der Waals surface area contributed by atoms with Crippen molar-refractivity contribution in [1.82, 2.24) is 5.32 Å². The molecular formula is C41H37ClN2O4. The summed E-state index contributed by atoms with van der Waals surface area (Å²) in [7, 11) is 0. The van der Waals surface area contributed by atoms with Gasteiger partial charge in [-0.3, -0.25) is 4.79 Å². The molecule has 1 aliphatic rings. The molecule has 7 heteroatoms. The number of nitrogens with zero attached hydrogens (tertiary/aromatic N) is 1. The van der Waals surface area contributed by atoms with Crippen LogP contribution in [0.3, 0.4) is 0 Å². The second-order valence-electron chi connectivity index (χ2n) is 11.6. The summed E-state index contributed by atoms with van der Waals surface area (Å²) < 4.78 is 12.4. The third-order valence-corrected chi connectivity index (χ3v) is 8.51. The van der Waals surface area contributed by atoms with Gasteiger partial charge in [0.05, 0.1) is 6.61 Å². The summed E-state index contributed by atoms with van der Waals surface area (Å²) in [6.07, 6.45) is 4.15. The summed E-state index contributed by atoms with van der Waals surface area (Å²) in [5, 5.41) is 12.9. The zero-order valence-corrected chi connectivity index (χ0v) is 27.2. The second-order valence-corrected chi connectivity index (χ2v) is 12.0. The van der Waals surface area contributed by atoms with Gasteiger partial charge in [-0.15, -0.1) is 0 Å². The number of amides is 1. The first kappa shape index (κ1) is 32.8. The van der Waals surface area contributed by atoms with Gasteiger partial charge < -0.3 is 19.9 Å². The normalized spacial score (nSPS) is 17.1. The molecule has 48 heavy (non-hydrogen) atoms. The Bertz CT molecular complexity index is 1840. The van der Waals surface area contributed by atoms with Crippen molar-refractivity contribution in [3.05, 3.63) is 167 Å². The Morgan fingerprint density at radius 1 is 0.833 bits per heavy atom. The maximum Gasteiger partial charge on any atom is 0.252 e. The summed E-state index contributed by atoms with van der Waals surface area (Å²) in [4.78, 5) is 19.6. The number of rotatable bonds is 13. The van der Waals surface area contributed by atoms with Crippen LogP contribution in [-0.2, 0) is 16.1 Å². The summed E-state index contributed by atoms with van der Waals surface area (Å²) in [6, 6.07) is 43.2. The third-order valence-electron chi connectivity index (χ3n) is 8.26. The van der Waals surface area contributed by atoms with Gasteiger partial charge in [-0.1, -0.05) is 121 Å². The first-order valence-corrected chi connectivity index (χ1v) is 16.4. The first-order valence-electron chi connectivity index (χ1n) is 16.0. The summed E-state index contributed by atoms with van der Waals surface area (Å²) in [5.74, 6) is 0.812. The van der Waals surface area contributed by atoms with Crippen LogP contribution in [0, 0.1) is 0 Å². The van der Waals surface area contributed by atoms with Crippen LogP contribution in [0.1, 0.15) is 41.2 Å². The fraction of sp³-hybridized carbons (Fsp3) is 0.171. The molecule has 0 unspecified atom stereocenters. The van der Waals surface area contributed by atoms with Crippen molar-refractivity contribution in [2.75, 3.05) is 13.2 Å². The number of aliphatic imine (C=N–C) groups is 1. The van der Waals surface area contributed by atoms with Crippen LogP contribution in [0.15, 0.2) is 145 Å². The average molecular weight is 657 g/mol. The van der Waals surface area contributed by atoms with E-state index in [1.165, 1.54) is 0 Å². The van der Waals surface area contributed by atoms with Gasteiger partial charge in [-0.2, -0.15) is 0 Å². The molecule has 0 fully saturated rings. The smallest absolute Gasteiger partial charge is 0.252 e. The van der Waals surface area contributed by atoms with E-state index in [0.29, 0.717) is 42.7 Å². The quantitative estimate of drug-likeness (QED) is 0.125. The molecular weight excluding hydrogens is 620 g/mol. The van der Waals surface area contributed by atoms with Gasteiger partial charge in [0.1, 0.15) is 5.75 Å². The topological polar surface area (TPSA) is 80.2 Å². The number of aliphatic hydroxyl groups excluding tert-OH is 1. The van der Waals surface area contributed by atoms with E-state index in [1.807, 2.05) is 121 Å². The Hall–Kier alpha value is -5.17. The number of hydrogen-bond acceptors (Lipinski definition) is 5. The maximum absolute atomic E-state index is 14.5. The predicted octanol–water partition coefficient (Wildman–Crippen LogP) is 8.45. The van der Waals surface area contributed by atoms with Gasteiger partial charge in [0.15, 0.2) is 11.6 Å². The predicted molar refractivity (Wildman–Crippen MR) is 192 cm³/mol. The van der Waals surface area contributed by atoms with Gasteiger partial charge in [0, 0.05) is 36.6 Å². The van der Waals surface area contributed by atoms with E-state index in [2.05, 4.69) is 29.6 Å². The number of aliphatic hydroxyl groups is 1. The third kappa shape index (κ3) is 7.85. The molecule has 6 rings (SSSR count). The summed E-state index contributed by atoms with van der Waals surface area (Å²) >= 11 is 6.11. The lowest BCUT2D eigenvalue weighted by molar-refractivity contribution is -0.129. The molecule has 2 atom stereocenters. The number of hydrogen-bond donors (Lipinski definition) is 2. The highest BCUT2D eigenvalue weighted by Crippen LogP contribution is 2.43. The Kier molecular flexibility index (Phi) is 10.7. The van der Waals surface area contributed by atoms with E-state index in [9.17, 15) is 4.79 Å². The fourth-order valence-electron chi connectivity index (χ4n) is 5.67. The van der Waals surface area contributed by atoms with E-state index < -0.39 is 11.6 Å². The molecule has 1 aliphatic heterocycles. The van der Waals surface area contributed by atoms with Gasteiger partial charge in [-0.05, 0) is 64.2 Å². The SMILES string of the molecule is O=C(NCc1ccc(Cl)cc1)[C@]1(C/C=C/c2ccccc2)N=C(c2ccc(OCCCO)cc2)O[C@@H]1c1ccc(-c2ccccc2)cc1. The molecule has 0 radical (unpaired) electrons. The Morgan fingerprint density at radius 2 is 1.48 bits per heavy atom. The second kappa shape index (κ2) is 15.6. The van der Waals surface area contributed by atoms with Crippen molar-refractivity contribution in [1.29, 1.82) is 0 Å². The van der Waals surface area contributed by atoms with Crippen LogP contribution < -0.4 is 10.1 Å². The highest BCUT2D eigenvalue weighted by atomic mass is 35.5. The van der Waals surface area contributed by atoms with Crippen molar-refractivity contribution < 1.29 is 19.4 Å². The summed E-state index contributed by atoms with van der Waals surface area (Å²) in [5.41, 5.74) is 4.38. The first-order chi connectivity index (χ1) is 23.5. The molecule has 242 valence electrons.